The molecule has 4 aliphatic rings. The van der Waals surface area contributed by atoms with Crippen molar-refractivity contribution in [2.24, 2.45) is 0 Å². The van der Waals surface area contributed by atoms with Gasteiger partial charge in [-0.25, -0.2) is 9.78 Å². The number of fused-ring (bicyclic) bond motifs is 9. The minimum absolute atomic E-state index is 0.00175. The predicted molar refractivity (Wildman–Crippen MR) is 301 cm³/mol. The van der Waals surface area contributed by atoms with Crippen molar-refractivity contribution in [1.82, 2.24) is 10.3 Å². The summed E-state index contributed by atoms with van der Waals surface area (Å²) in [5, 5.41) is 2.63. The van der Waals surface area contributed by atoms with Crippen molar-refractivity contribution in [2.75, 3.05) is 27.1 Å². The highest BCUT2D eigenvalue weighted by atomic mass is 35.5. The predicted octanol–water partition coefficient (Wildman–Crippen LogP) is 12.6. The number of hydrogen-bond acceptors (Lipinski definition) is 13. The number of methoxy groups -OCH3 is 1. The lowest BCUT2D eigenvalue weighted by Crippen LogP contribution is -2.57. The molecule has 6 atom stereocenters. The van der Waals surface area contributed by atoms with Crippen LogP contribution in [0.2, 0.25) is 59.5 Å². The molecule has 1 saturated heterocycles. The number of ether oxygens (including phenoxy) is 8. The average Bonchev–Trinajstić information content (AvgIpc) is 3.82. The number of hydrogen-bond donors (Lipinski definition) is 1. The normalized spacial score (nSPS) is 24.2. The van der Waals surface area contributed by atoms with Gasteiger partial charge in [-0.1, -0.05) is 97.9 Å². The number of halogens is 1. The van der Waals surface area contributed by atoms with Crippen LogP contribution in [0, 0.1) is 23.3 Å². The maximum atomic E-state index is 14.5. The smallest absolute Gasteiger partial charge is 0.408 e. The topological polar surface area (TPSA) is 151 Å². The van der Waals surface area contributed by atoms with Crippen LogP contribution >= 0.6 is 11.6 Å². The largest absolute Gasteiger partial charge is 0.497 e. The summed E-state index contributed by atoms with van der Waals surface area (Å²) in [5.41, 5.74) is 1.95. The Bertz CT molecular complexity index is 2410. The van der Waals surface area contributed by atoms with E-state index < -0.39 is 83.7 Å². The zero-order chi connectivity index (χ0) is 55.7. The Morgan fingerprint density at radius 2 is 1.60 bits per heavy atom. The molecule has 1 aromatic carbocycles. The van der Waals surface area contributed by atoms with Gasteiger partial charge in [-0.05, 0) is 125 Å². The molecule has 6 rings (SSSR count). The molecule has 416 valence electrons. The number of alkyl carbamates (subject to hydrolysis) is 1. The van der Waals surface area contributed by atoms with Gasteiger partial charge in [-0.15, -0.1) is 11.5 Å². The van der Waals surface area contributed by atoms with Gasteiger partial charge in [0.15, 0.2) is 44.5 Å². The maximum Gasteiger partial charge on any atom is 0.408 e. The summed E-state index contributed by atoms with van der Waals surface area (Å²) in [7, 11) is -5.69. The van der Waals surface area contributed by atoms with Crippen molar-refractivity contribution < 1.29 is 56.3 Å². The molecule has 1 amide bonds. The quantitative estimate of drug-likeness (QED) is 0.0377. The fourth-order valence-corrected chi connectivity index (χ4v) is 16.3. The molecule has 18 heteroatoms. The molecule has 4 bridgehead atoms. The Kier molecular flexibility index (Phi) is 21.0. The lowest BCUT2D eigenvalue weighted by atomic mass is 9.90. The van der Waals surface area contributed by atoms with Gasteiger partial charge in [0.05, 0.1) is 44.9 Å². The third-order valence-corrected chi connectivity index (χ3v) is 29.7. The van der Waals surface area contributed by atoms with Gasteiger partial charge in [0.2, 0.25) is 0 Å². The Hall–Kier alpha value is -3.73. The van der Waals surface area contributed by atoms with E-state index in [9.17, 15) is 9.59 Å². The van der Waals surface area contributed by atoms with Crippen LogP contribution < -0.4 is 14.8 Å². The van der Waals surface area contributed by atoms with Crippen LogP contribution in [-0.4, -0.2) is 110 Å². The molecule has 4 heterocycles. The molecule has 1 N–H and O–H groups in total. The monoisotopic (exact) mass is 1110 g/mol. The van der Waals surface area contributed by atoms with Crippen LogP contribution in [0.1, 0.15) is 127 Å². The first-order chi connectivity index (χ1) is 35.1. The fourth-order valence-electron chi connectivity index (χ4n) is 9.30. The molecule has 1 spiro atoms. The van der Waals surface area contributed by atoms with Crippen molar-refractivity contribution in [3.63, 3.8) is 0 Å². The molecule has 3 aliphatic heterocycles. The zero-order valence-electron chi connectivity index (χ0n) is 48.1. The summed E-state index contributed by atoms with van der Waals surface area (Å²) < 4.78 is 66.3. The lowest BCUT2D eigenvalue weighted by molar-refractivity contribution is -0.173. The Morgan fingerprint density at radius 1 is 0.947 bits per heavy atom. The van der Waals surface area contributed by atoms with E-state index in [0.29, 0.717) is 5.57 Å². The van der Waals surface area contributed by atoms with Crippen LogP contribution in [-0.2, 0) is 48.7 Å². The molecular formula is C57H87ClN2O12Si3. The fraction of sp³-hybridized carbons (Fsp3) is 0.667. The van der Waals surface area contributed by atoms with E-state index in [-0.39, 0.29) is 61.1 Å². The minimum atomic E-state index is -2.67. The summed E-state index contributed by atoms with van der Waals surface area (Å²) in [5.74, 6) is 10.3. The van der Waals surface area contributed by atoms with Crippen molar-refractivity contribution in [3.05, 3.63) is 64.5 Å². The van der Waals surface area contributed by atoms with Gasteiger partial charge in [-0.3, -0.25) is 4.79 Å². The molecular weight excluding hydrogens is 1020 g/mol. The van der Waals surface area contributed by atoms with Gasteiger partial charge in [0.1, 0.15) is 51.1 Å². The number of benzene rings is 1. The number of carbonyl (C=O) groups is 2. The first-order valence-electron chi connectivity index (χ1n) is 26.9. The van der Waals surface area contributed by atoms with Crippen LogP contribution in [0.4, 0.5) is 4.79 Å². The molecule has 0 unspecified atom stereocenters. The molecule has 1 aliphatic carbocycles. The number of nitrogens with zero attached hydrogens (tertiary/aromatic N) is 1. The highest BCUT2D eigenvalue weighted by molar-refractivity contribution is 6.87. The van der Waals surface area contributed by atoms with E-state index in [2.05, 4.69) is 104 Å². The van der Waals surface area contributed by atoms with E-state index in [1.807, 2.05) is 44.2 Å². The zero-order valence-corrected chi connectivity index (χ0v) is 51.8. The van der Waals surface area contributed by atoms with Crippen molar-refractivity contribution >= 4 is 48.4 Å². The summed E-state index contributed by atoms with van der Waals surface area (Å²) in [4.78, 5) is 32.7. The SMILES string of the molecule is CC[Si](C#CC[C@@]1(O[Si](CC)(CC)CC)C#CC2=C[C@H](Oc3ccc(nc3Cl)[C@H](NC(=O)OC(C)(C)C)CC(=O)OC[C@H]1OCOCc1ccc(OC)cc1)[C@@H](O[Si](C)(C)C(C)(C)C)[C@]21COC(C)(C)O1)(CC)CC. The number of pyridine rings is 1. The maximum absolute atomic E-state index is 14.5. The lowest BCUT2D eigenvalue weighted by Gasteiger charge is -2.44. The van der Waals surface area contributed by atoms with E-state index in [4.69, 9.17) is 63.3 Å². The molecule has 1 fully saturated rings. The van der Waals surface area contributed by atoms with Gasteiger partial charge < -0.3 is 52.1 Å². The van der Waals surface area contributed by atoms with Crippen LogP contribution in [0.5, 0.6) is 11.5 Å². The number of esters is 1. The van der Waals surface area contributed by atoms with Crippen LogP contribution in [0.15, 0.2) is 48.0 Å². The molecule has 2 aromatic rings. The molecule has 1 aromatic heterocycles. The van der Waals surface area contributed by atoms with Crippen molar-refractivity contribution in [3.8, 4) is 34.8 Å². The second-order valence-electron chi connectivity index (χ2n) is 23.0. The summed E-state index contributed by atoms with van der Waals surface area (Å²) in [6.07, 6.45) is -1.66. The van der Waals surface area contributed by atoms with Gasteiger partial charge in [0.25, 0.3) is 0 Å². The van der Waals surface area contributed by atoms with E-state index >= 15 is 0 Å². The number of amides is 1. The number of carbonyl (C=O) groups excluding carboxylic acids is 2. The molecule has 75 heavy (non-hydrogen) atoms. The van der Waals surface area contributed by atoms with Gasteiger partial charge >= 0.3 is 12.1 Å². The highest BCUT2D eigenvalue weighted by Crippen LogP contribution is 2.50. The Morgan fingerprint density at radius 3 is 2.15 bits per heavy atom. The highest BCUT2D eigenvalue weighted by Gasteiger charge is 2.62. The van der Waals surface area contributed by atoms with Crippen molar-refractivity contribution in [2.45, 2.75) is 218 Å². The second kappa shape index (κ2) is 25.4. The van der Waals surface area contributed by atoms with E-state index in [1.165, 1.54) is 0 Å². The first kappa shape index (κ1) is 62.1. The average molecular weight is 1110 g/mol. The summed E-state index contributed by atoms with van der Waals surface area (Å²) >= 11 is 7.04. The van der Waals surface area contributed by atoms with Crippen LogP contribution in [0.25, 0.3) is 0 Å². The van der Waals surface area contributed by atoms with E-state index in [1.54, 1.807) is 40.0 Å². The Balaban J connectivity index is 1.83. The Labute approximate surface area is 456 Å². The molecule has 0 saturated carbocycles. The van der Waals surface area contributed by atoms with Crippen LogP contribution in [0.3, 0.4) is 0 Å². The minimum Gasteiger partial charge on any atom is -0.497 e. The third kappa shape index (κ3) is 15.5. The second-order valence-corrected chi connectivity index (χ2v) is 37.8. The molecule has 0 radical (unpaired) electrons. The standard InChI is InChI=1S/C57H87ClN2O12Si3/c1-18-74(19-2,20-3)34-24-32-56(72-75(21-4,22-5)23-6)33-31-42-35-47(50(70-73(16,17)54(10,11)12)57(42)39-67-55(13,14)71-57)68-46-30-29-44(59-51(46)58)45(60-52(62)69-53(7,8)9)36-49(61)65-38-48(56)66-40-64-37-41-25-27-43(63-15)28-26-41/h25-30,35,45,47-48,50H,18-23,32,36-40H2,1-17H3,(H,60,62)/t45-,47+,48-,50-,56-,57+/m1/s1. The third-order valence-electron chi connectivity index (χ3n) is 15.5. The first-order valence-corrected chi connectivity index (χ1v) is 35.3. The van der Waals surface area contributed by atoms with Crippen molar-refractivity contribution in [1.29, 1.82) is 0 Å². The number of nitrogens with one attached hydrogen (secondary N) is 1. The summed E-state index contributed by atoms with van der Waals surface area (Å²) in [6.45, 7) is 32.9. The van der Waals surface area contributed by atoms with Gasteiger partial charge in [0, 0.05) is 5.57 Å². The van der Waals surface area contributed by atoms with Gasteiger partial charge in [-0.2, -0.15) is 0 Å². The van der Waals surface area contributed by atoms with E-state index in [0.717, 1.165) is 47.6 Å². The molecule has 14 nitrogen and oxygen atoms in total. The summed E-state index contributed by atoms with van der Waals surface area (Å²) in [6, 6.07) is 15.2. The number of aromatic nitrogens is 1. The number of rotatable bonds is 18.